The topological polar surface area (TPSA) is 26.3 Å². The van der Waals surface area contributed by atoms with Crippen molar-refractivity contribution in [2.75, 3.05) is 6.61 Å². The van der Waals surface area contributed by atoms with Gasteiger partial charge in [-0.3, -0.25) is 4.79 Å². The zero-order valence-electron chi connectivity index (χ0n) is 22.7. The Hall–Kier alpha value is -0.530. The normalized spacial score (nSPS) is 13.2. The second kappa shape index (κ2) is 25.1. The molecule has 0 fully saturated rings. The van der Waals surface area contributed by atoms with Crippen molar-refractivity contribution in [3.63, 3.8) is 0 Å². The van der Waals surface area contributed by atoms with Crippen LogP contribution in [0, 0.1) is 11.8 Å². The van der Waals surface area contributed by atoms with Crippen LogP contribution in [0.5, 0.6) is 0 Å². The zero-order chi connectivity index (χ0) is 23.7. The molecular weight excluding hydrogens is 392 g/mol. The molecule has 0 saturated carbocycles. The molecule has 0 saturated heterocycles. The van der Waals surface area contributed by atoms with Gasteiger partial charge in [0.25, 0.3) is 0 Å². The van der Waals surface area contributed by atoms with E-state index in [2.05, 4.69) is 27.7 Å². The summed E-state index contributed by atoms with van der Waals surface area (Å²) in [5, 5.41) is 0. The average molecular weight is 453 g/mol. The fourth-order valence-electron chi connectivity index (χ4n) is 4.74. The molecule has 2 nitrogen and oxygen atoms in total. The number of carbonyl (C=O) groups is 1. The highest BCUT2D eigenvalue weighted by Gasteiger charge is 2.25. The van der Waals surface area contributed by atoms with Crippen LogP contribution in [0.15, 0.2) is 0 Å². The van der Waals surface area contributed by atoms with Crippen LogP contribution in [0.4, 0.5) is 0 Å². The van der Waals surface area contributed by atoms with E-state index >= 15 is 0 Å². The van der Waals surface area contributed by atoms with Gasteiger partial charge in [-0.15, -0.1) is 0 Å². The SMILES string of the molecule is CCCCCCCCCCCCOC(=O)C(CCCCCCCCC)C(C)CCCCC. The minimum atomic E-state index is 0.0934. The van der Waals surface area contributed by atoms with E-state index in [0.717, 1.165) is 12.8 Å². The van der Waals surface area contributed by atoms with E-state index in [9.17, 15) is 4.79 Å². The summed E-state index contributed by atoms with van der Waals surface area (Å²) < 4.78 is 5.77. The van der Waals surface area contributed by atoms with E-state index in [1.165, 1.54) is 128 Å². The maximum atomic E-state index is 12.9. The van der Waals surface area contributed by atoms with Gasteiger partial charge in [0.05, 0.1) is 12.5 Å². The molecule has 0 aromatic carbocycles. The van der Waals surface area contributed by atoms with E-state index in [1.54, 1.807) is 0 Å². The molecular formula is C30H60O2. The number of unbranched alkanes of at least 4 members (excludes halogenated alkanes) is 17. The second-order valence-corrected chi connectivity index (χ2v) is 10.3. The van der Waals surface area contributed by atoms with Gasteiger partial charge < -0.3 is 4.74 Å². The largest absolute Gasteiger partial charge is 0.465 e. The highest BCUT2D eigenvalue weighted by molar-refractivity contribution is 5.72. The first-order valence-electron chi connectivity index (χ1n) is 14.8. The van der Waals surface area contributed by atoms with Crippen LogP contribution in [0.1, 0.15) is 169 Å². The number of esters is 1. The van der Waals surface area contributed by atoms with Crippen molar-refractivity contribution in [3.8, 4) is 0 Å². The molecule has 0 rings (SSSR count). The van der Waals surface area contributed by atoms with Gasteiger partial charge >= 0.3 is 5.97 Å². The van der Waals surface area contributed by atoms with Gasteiger partial charge in [0.2, 0.25) is 0 Å². The van der Waals surface area contributed by atoms with Gasteiger partial charge in [0, 0.05) is 0 Å². The minimum Gasteiger partial charge on any atom is -0.465 e. The van der Waals surface area contributed by atoms with Crippen molar-refractivity contribution < 1.29 is 9.53 Å². The fourth-order valence-corrected chi connectivity index (χ4v) is 4.74. The van der Waals surface area contributed by atoms with Crippen LogP contribution in [0.2, 0.25) is 0 Å². The molecule has 0 amide bonds. The van der Waals surface area contributed by atoms with E-state index < -0.39 is 0 Å². The van der Waals surface area contributed by atoms with Crippen LogP contribution < -0.4 is 0 Å². The summed E-state index contributed by atoms with van der Waals surface area (Å²) in [5.41, 5.74) is 0. The summed E-state index contributed by atoms with van der Waals surface area (Å²) in [4.78, 5) is 12.9. The maximum Gasteiger partial charge on any atom is 0.309 e. The third kappa shape index (κ3) is 20.1. The van der Waals surface area contributed by atoms with Gasteiger partial charge in [-0.1, -0.05) is 150 Å². The van der Waals surface area contributed by atoms with Crippen LogP contribution in [-0.2, 0) is 9.53 Å². The first-order chi connectivity index (χ1) is 15.7. The number of ether oxygens (including phenoxy) is 1. The average Bonchev–Trinajstić information content (AvgIpc) is 2.79. The van der Waals surface area contributed by atoms with Crippen molar-refractivity contribution >= 4 is 5.97 Å². The first kappa shape index (κ1) is 31.5. The fraction of sp³-hybridized carbons (Fsp3) is 0.967. The lowest BCUT2D eigenvalue weighted by Crippen LogP contribution is -2.25. The Morgan fingerprint density at radius 2 is 0.906 bits per heavy atom. The number of hydrogen-bond donors (Lipinski definition) is 0. The molecule has 0 N–H and O–H groups in total. The zero-order valence-corrected chi connectivity index (χ0v) is 22.7. The standard InChI is InChI=1S/C30H60O2/c1-5-8-11-13-15-16-17-19-21-24-27-32-30(31)29(28(4)25-22-10-7-3)26-23-20-18-14-12-9-6-2/h28-29H,5-27H2,1-4H3. The highest BCUT2D eigenvalue weighted by atomic mass is 16.5. The van der Waals surface area contributed by atoms with Gasteiger partial charge in [0.1, 0.15) is 0 Å². The van der Waals surface area contributed by atoms with E-state index in [4.69, 9.17) is 4.74 Å². The minimum absolute atomic E-state index is 0.0934. The number of rotatable bonds is 25. The lowest BCUT2D eigenvalue weighted by Gasteiger charge is -2.22. The molecule has 2 atom stereocenters. The van der Waals surface area contributed by atoms with Gasteiger partial charge in [-0.25, -0.2) is 0 Å². The molecule has 0 aliphatic rings. The summed E-state index contributed by atoms with van der Waals surface area (Å²) in [6, 6.07) is 0. The Kier molecular flexibility index (Phi) is 24.7. The van der Waals surface area contributed by atoms with Crippen molar-refractivity contribution in [1.29, 1.82) is 0 Å². The lowest BCUT2D eigenvalue weighted by molar-refractivity contribution is -0.151. The van der Waals surface area contributed by atoms with Crippen molar-refractivity contribution in [2.24, 2.45) is 11.8 Å². The predicted molar refractivity (Wildman–Crippen MR) is 142 cm³/mol. The Labute approximate surface area is 203 Å². The maximum absolute atomic E-state index is 12.9. The van der Waals surface area contributed by atoms with E-state index in [1.807, 2.05) is 0 Å². The third-order valence-electron chi connectivity index (χ3n) is 7.11. The van der Waals surface area contributed by atoms with Crippen molar-refractivity contribution in [3.05, 3.63) is 0 Å². The summed E-state index contributed by atoms with van der Waals surface area (Å²) in [6.45, 7) is 9.71. The summed E-state index contributed by atoms with van der Waals surface area (Å²) in [6.07, 6.45) is 28.3. The lowest BCUT2D eigenvalue weighted by atomic mass is 9.85. The molecule has 0 bridgehead atoms. The summed E-state index contributed by atoms with van der Waals surface area (Å²) in [7, 11) is 0. The molecule has 32 heavy (non-hydrogen) atoms. The van der Waals surface area contributed by atoms with Crippen molar-refractivity contribution in [1.82, 2.24) is 0 Å². The Morgan fingerprint density at radius 1 is 0.531 bits per heavy atom. The van der Waals surface area contributed by atoms with Gasteiger partial charge in [0.15, 0.2) is 0 Å². The monoisotopic (exact) mass is 452 g/mol. The molecule has 0 radical (unpaired) electrons. The smallest absolute Gasteiger partial charge is 0.309 e. The van der Waals surface area contributed by atoms with E-state index in [0.29, 0.717) is 12.5 Å². The van der Waals surface area contributed by atoms with Crippen molar-refractivity contribution in [2.45, 2.75) is 169 Å². The Morgan fingerprint density at radius 3 is 1.41 bits per heavy atom. The van der Waals surface area contributed by atoms with Crippen LogP contribution in [0.3, 0.4) is 0 Å². The van der Waals surface area contributed by atoms with Crippen LogP contribution >= 0.6 is 0 Å². The second-order valence-electron chi connectivity index (χ2n) is 10.3. The molecule has 0 aliphatic carbocycles. The number of carbonyl (C=O) groups excluding carboxylic acids is 1. The first-order valence-corrected chi connectivity index (χ1v) is 14.8. The molecule has 0 aliphatic heterocycles. The summed E-state index contributed by atoms with van der Waals surface area (Å²) >= 11 is 0. The third-order valence-corrected chi connectivity index (χ3v) is 7.11. The Bertz CT molecular complexity index is 379. The Balaban J connectivity index is 4.03. The van der Waals surface area contributed by atoms with E-state index in [-0.39, 0.29) is 11.9 Å². The molecule has 192 valence electrons. The van der Waals surface area contributed by atoms with Gasteiger partial charge in [-0.05, 0) is 25.2 Å². The molecule has 0 heterocycles. The number of hydrogen-bond acceptors (Lipinski definition) is 2. The predicted octanol–water partition coefficient (Wildman–Crippen LogP) is 10.4. The molecule has 0 spiro atoms. The van der Waals surface area contributed by atoms with Gasteiger partial charge in [-0.2, -0.15) is 0 Å². The van der Waals surface area contributed by atoms with Crippen LogP contribution in [-0.4, -0.2) is 12.6 Å². The molecule has 2 unspecified atom stereocenters. The van der Waals surface area contributed by atoms with Crippen LogP contribution in [0.25, 0.3) is 0 Å². The molecule has 2 heteroatoms. The summed E-state index contributed by atoms with van der Waals surface area (Å²) in [5.74, 6) is 0.670. The highest BCUT2D eigenvalue weighted by Crippen LogP contribution is 2.26. The quantitative estimate of drug-likeness (QED) is 0.102. The molecule has 0 aromatic rings. The molecule has 0 aromatic heterocycles.